The molecular weight excluding hydrogens is 178 g/mol. The molecule has 3 N–H and O–H groups in total. The molecule has 0 aromatic rings. The van der Waals surface area contributed by atoms with E-state index in [0.717, 1.165) is 13.1 Å². The number of carbonyl (C=O) groups excluding carboxylic acids is 1. The summed E-state index contributed by atoms with van der Waals surface area (Å²) in [6.45, 7) is 7.58. The maximum absolute atomic E-state index is 11.6. The molecule has 0 aliphatic carbocycles. The van der Waals surface area contributed by atoms with E-state index in [9.17, 15) is 4.79 Å². The Kier molecular flexibility index (Phi) is 3.89. The van der Waals surface area contributed by atoms with E-state index in [1.807, 2.05) is 13.8 Å². The van der Waals surface area contributed by atoms with Gasteiger partial charge in [0.1, 0.15) is 0 Å². The average molecular weight is 198 g/mol. The number of nitrogens with two attached hydrogens (primary N) is 1. The summed E-state index contributed by atoms with van der Waals surface area (Å²) in [7, 11) is 0. The van der Waals surface area contributed by atoms with Crippen LogP contribution < -0.4 is 16.4 Å². The fourth-order valence-corrected chi connectivity index (χ4v) is 1.49. The molecule has 0 aromatic carbocycles. The van der Waals surface area contributed by atoms with E-state index in [-0.39, 0.29) is 17.9 Å². The highest BCUT2D eigenvalue weighted by Gasteiger charge is 2.27. The van der Waals surface area contributed by atoms with Crippen LogP contribution in [-0.4, -0.2) is 31.1 Å². The molecule has 4 heteroatoms. The van der Waals surface area contributed by atoms with E-state index in [4.69, 9.17) is 5.73 Å². The SMILES string of the molecule is CC(C)C(N)C(=O)NC1C[N]CC1C. The van der Waals surface area contributed by atoms with E-state index in [0.29, 0.717) is 5.92 Å². The third kappa shape index (κ3) is 2.69. The maximum atomic E-state index is 11.6. The van der Waals surface area contributed by atoms with Gasteiger partial charge in [-0.15, -0.1) is 0 Å². The molecule has 0 saturated carbocycles. The molecule has 3 unspecified atom stereocenters. The molecule has 1 fully saturated rings. The lowest BCUT2D eigenvalue weighted by Crippen LogP contribution is -2.49. The monoisotopic (exact) mass is 198 g/mol. The smallest absolute Gasteiger partial charge is 0.237 e. The van der Waals surface area contributed by atoms with Gasteiger partial charge in [-0.3, -0.25) is 4.79 Å². The van der Waals surface area contributed by atoms with Crippen LogP contribution in [0.15, 0.2) is 0 Å². The predicted molar refractivity (Wildman–Crippen MR) is 55.8 cm³/mol. The summed E-state index contributed by atoms with van der Waals surface area (Å²) in [5.74, 6) is 0.580. The van der Waals surface area contributed by atoms with Crippen molar-refractivity contribution in [2.24, 2.45) is 17.6 Å². The molecule has 0 aromatic heterocycles. The maximum Gasteiger partial charge on any atom is 0.237 e. The summed E-state index contributed by atoms with van der Waals surface area (Å²) in [6.07, 6.45) is 0. The van der Waals surface area contributed by atoms with Gasteiger partial charge >= 0.3 is 0 Å². The number of nitrogens with zero attached hydrogens (tertiary/aromatic N) is 1. The average Bonchev–Trinajstić information content (AvgIpc) is 2.50. The summed E-state index contributed by atoms with van der Waals surface area (Å²) >= 11 is 0. The van der Waals surface area contributed by atoms with Gasteiger partial charge in [0, 0.05) is 19.1 Å². The van der Waals surface area contributed by atoms with Crippen LogP contribution in [0, 0.1) is 11.8 Å². The molecule has 14 heavy (non-hydrogen) atoms. The van der Waals surface area contributed by atoms with Gasteiger partial charge in [0.05, 0.1) is 6.04 Å². The van der Waals surface area contributed by atoms with Gasteiger partial charge in [-0.1, -0.05) is 20.8 Å². The molecule has 0 bridgehead atoms. The minimum absolute atomic E-state index is 0.0473. The number of amides is 1. The van der Waals surface area contributed by atoms with E-state index >= 15 is 0 Å². The Hall–Kier alpha value is -0.610. The van der Waals surface area contributed by atoms with Crippen LogP contribution in [-0.2, 0) is 4.79 Å². The number of rotatable bonds is 3. The Balaban J connectivity index is 2.40. The standard InChI is InChI=1S/C10H20N3O/c1-6(2)9(11)10(14)13-8-5-12-4-7(8)3/h6-9H,4-5,11H2,1-3H3,(H,13,14). The van der Waals surface area contributed by atoms with E-state index in [2.05, 4.69) is 17.6 Å². The van der Waals surface area contributed by atoms with Crippen LogP contribution in [0.5, 0.6) is 0 Å². The molecule has 1 heterocycles. The Morgan fingerprint density at radius 3 is 2.57 bits per heavy atom. The molecular formula is C10H20N3O. The highest BCUT2D eigenvalue weighted by molar-refractivity contribution is 5.82. The predicted octanol–water partition coefficient (Wildman–Crippen LogP) is -0.291. The van der Waals surface area contributed by atoms with Crippen molar-refractivity contribution in [2.75, 3.05) is 13.1 Å². The van der Waals surface area contributed by atoms with Crippen LogP contribution in [0.2, 0.25) is 0 Å². The lowest BCUT2D eigenvalue weighted by molar-refractivity contribution is -0.124. The van der Waals surface area contributed by atoms with Gasteiger partial charge < -0.3 is 11.1 Å². The van der Waals surface area contributed by atoms with Gasteiger partial charge in [-0.25, -0.2) is 5.32 Å². The van der Waals surface area contributed by atoms with Crippen LogP contribution >= 0.6 is 0 Å². The van der Waals surface area contributed by atoms with Crippen molar-refractivity contribution in [3.05, 3.63) is 0 Å². The second-order valence-corrected chi connectivity index (χ2v) is 4.45. The fraction of sp³-hybridized carbons (Fsp3) is 0.900. The number of hydrogen-bond acceptors (Lipinski definition) is 2. The topological polar surface area (TPSA) is 69.2 Å². The van der Waals surface area contributed by atoms with Crippen molar-refractivity contribution in [3.8, 4) is 0 Å². The largest absolute Gasteiger partial charge is 0.350 e. The first-order chi connectivity index (χ1) is 6.52. The van der Waals surface area contributed by atoms with E-state index in [1.54, 1.807) is 0 Å². The molecule has 4 nitrogen and oxygen atoms in total. The van der Waals surface area contributed by atoms with Gasteiger partial charge in [0.2, 0.25) is 5.91 Å². The zero-order valence-corrected chi connectivity index (χ0v) is 9.16. The van der Waals surface area contributed by atoms with Gasteiger partial charge in [0.25, 0.3) is 0 Å². The van der Waals surface area contributed by atoms with Gasteiger partial charge in [0.15, 0.2) is 0 Å². The summed E-state index contributed by atoms with van der Waals surface area (Å²) in [4.78, 5) is 11.6. The lowest BCUT2D eigenvalue weighted by atomic mass is 10.0. The van der Waals surface area contributed by atoms with Crippen LogP contribution in [0.1, 0.15) is 20.8 Å². The fourth-order valence-electron chi connectivity index (χ4n) is 1.49. The Labute approximate surface area is 85.6 Å². The normalized spacial score (nSPS) is 29.2. The molecule has 1 saturated heterocycles. The number of carbonyl (C=O) groups is 1. The van der Waals surface area contributed by atoms with Crippen LogP contribution in [0.3, 0.4) is 0 Å². The lowest BCUT2D eigenvalue weighted by Gasteiger charge is -2.20. The summed E-state index contributed by atoms with van der Waals surface area (Å²) in [5, 5.41) is 7.20. The second kappa shape index (κ2) is 4.75. The summed E-state index contributed by atoms with van der Waals surface area (Å²) < 4.78 is 0. The highest BCUT2D eigenvalue weighted by atomic mass is 16.2. The van der Waals surface area contributed by atoms with Crippen molar-refractivity contribution in [1.82, 2.24) is 10.6 Å². The second-order valence-electron chi connectivity index (χ2n) is 4.45. The molecule has 3 atom stereocenters. The number of nitrogens with one attached hydrogen (secondary N) is 1. The molecule has 1 amide bonds. The third-order valence-corrected chi connectivity index (χ3v) is 2.78. The zero-order chi connectivity index (χ0) is 10.7. The Morgan fingerprint density at radius 1 is 1.50 bits per heavy atom. The zero-order valence-electron chi connectivity index (χ0n) is 9.16. The Morgan fingerprint density at radius 2 is 2.14 bits per heavy atom. The first kappa shape index (κ1) is 11.5. The first-order valence-corrected chi connectivity index (χ1v) is 5.21. The molecule has 0 spiro atoms. The number of hydrogen-bond donors (Lipinski definition) is 2. The van der Waals surface area contributed by atoms with E-state index < -0.39 is 6.04 Å². The van der Waals surface area contributed by atoms with Crippen molar-refractivity contribution in [1.29, 1.82) is 0 Å². The van der Waals surface area contributed by atoms with Crippen molar-refractivity contribution < 1.29 is 4.79 Å². The first-order valence-electron chi connectivity index (χ1n) is 5.21. The Bertz CT molecular complexity index is 206. The minimum atomic E-state index is -0.400. The molecule has 1 aliphatic heterocycles. The van der Waals surface area contributed by atoms with Crippen molar-refractivity contribution >= 4 is 5.91 Å². The quantitative estimate of drug-likeness (QED) is 0.654. The summed E-state index contributed by atoms with van der Waals surface area (Å²) in [6, 6.07) is -0.213. The molecule has 1 radical (unpaired) electrons. The highest BCUT2D eigenvalue weighted by Crippen LogP contribution is 2.09. The molecule has 1 aliphatic rings. The van der Waals surface area contributed by atoms with Crippen LogP contribution in [0.25, 0.3) is 0 Å². The van der Waals surface area contributed by atoms with Gasteiger partial charge in [-0.2, -0.15) is 0 Å². The minimum Gasteiger partial charge on any atom is -0.350 e. The third-order valence-electron chi connectivity index (χ3n) is 2.78. The van der Waals surface area contributed by atoms with Crippen molar-refractivity contribution in [3.63, 3.8) is 0 Å². The van der Waals surface area contributed by atoms with E-state index in [1.165, 1.54) is 0 Å². The molecule has 81 valence electrons. The van der Waals surface area contributed by atoms with Gasteiger partial charge in [-0.05, 0) is 11.8 Å². The summed E-state index contributed by atoms with van der Waals surface area (Å²) in [5.41, 5.74) is 5.74. The van der Waals surface area contributed by atoms with Crippen LogP contribution in [0.4, 0.5) is 0 Å². The molecule has 1 rings (SSSR count). The van der Waals surface area contributed by atoms with Crippen molar-refractivity contribution in [2.45, 2.75) is 32.9 Å².